The molecule has 0 aliphatic carbocycles. The van der Waals surface area contributed by atoms with Gasteiger partial charge in [-0.1, -0.05) is 12.1 Å². The van der Waals surface area contributed by atoms with Crippen molar-refractivity contribution in [2.45, 2.75) is 6.42 Å². The molecule has 80 valence electrons. The van der Waals surface area contributed by atoms with Crippen molar-refractivity contribution in [3.63, 3.8) is 0 Å². The number of amides is 1. The van der Waals surface area contributed by atoms with E-state index in [4.69, 9.17) is 10.5 Å². The van der Waals surface area contributed by atoms with Crippen LogP contribution in [0.5, 0.6) is 5.75 Å². The predicted molar refractivity (Wildman–Crippen MR) is 57.5 cm³/mol. The zero-order valence-electron chi connectivity index (χ0n) is 8.40. The van der Waals surface area contributed by atoms with Crippen LogP contribution in [0.4, 0.5) is 5.69 Å². The first-order valence-electron chi connectivity index (χ1n) is 5.02. The molecule has 0 radical (unpaired) electrons. The molecule has 4 nitrogen and oxygen atoms in total. The lowest BCUT2D eigenvalue weighted by Crippen LogP contribution is -2.23. The molecule has 4 heteroatoms. The van der Waals surface area contributed by atoms with E-state index < -0.39 is 0 Å². The van der Waals surface area contributed by atoms with Crippen molar-refractivity contribution in [3.05, 3.63) is 24.3 Å². The van der Waals surface area contributed by atoms with Gasteiger partial charge in [0, 0.05) is 6.54 Å². The van der Waals surface area contributed by atoms with Gasteiger partial charge in [0.05, 0.1) is 18.2 Å². The Balaban J connectivity index is 1.93. The fraction of sp³-hybridized carbons (Fsp3) is 0.364. The molecule has 1 atom stereocenters. The second-order valence-electron chi connectivity index (χ2n) is 3.63. The molecule has 1 aliphatic rings. The number of ether oxygens (including phenoxy) is 1. The molecule has 2 rings (SSSR count). The van der Waals surface area contributed by atoms with Crippen LogP contribution in [-0.4, -0.2) is 19.1 Å². The number of rotatable bonds is 3. The Hall–Kier alpha value is -1.71. The molecule has 3 N–H and O–H groups in total. The molecule has 0 aromatic heterocycles. The van der Waals surface area contributed by atoms with Crippen LogP contribution >= 0.6 is 0 Å². The SMILES string of the molecule is Nc1ccccc1OCC1CCNC1=O. The van der Waals surface area contributed by atoms with Crippen LogP contribution in [0.1, 0.15) is 6.42 Å². The molecule has 15 heavy (non-hydrogen) atoms. The Bertz CT molecular complexity index is 365. The molecule has 1 aromatic rings. The Labute approximate surface area is 88.4 Å². The molecular weight excluding hydrogens is 192 g/mol. The van der Waals surface area contributed by atoms with E-state index in [1.165, 1.54) is 0 Å². The van der Waals surface area contributed by atoms with Gasteiger partial charge in [0.25, 0.3) is 0 Å². The third kappa shape index (κ3) is 2.21. The first-order valence-corrected chi connectivity index (χ1v) is 5.02. The fourth-order valence-electron chi connectivity index (χ4n) is 1.61. The number of nitrogen functional groups attached to an aromatic ring is 1. The average Bonchev–Trinajstić information content (AvgIpc) is 2.63. The van der Waals surface area contributed by atoms with Crippen LogP contribution < -0.4 is 15.8 Å². The molecule has 1 amide bonds. The van der Waals surface area contributed by atoms with Crippen LogP contribution in [0.3, 0.4) is 0 Å². The van der Waals surface area contributed by atoms with Gasteiger partial charge in [0.1, 0.15) is 5.75 Å². The topological polar surface area (TPSA) is 64.3 Å². The lowest BCUT2D eigenvalue weighted by atomic mass is 10.1. The summed E-state index contributed by atoms with van der Waals surface area (Å²) in [7, 11) is 0. The zero-order valence-corrected chi connectivity index (χ0v) is 8.40. The molecule has 1 aliphatic heterocycles. The van der Waals surface area contributed by atoms with E-state index >= 15 is 0 Å². The number of nitrogens with two attached hydrogens (primary N) is 1. The van der Waals surface area contributed by atoms with E-state index in [0.29, 0.717) is 18.0 Å². The normalized spacial score (nSPS) is 20.0. The summed E-state index contributed by atoms with van der Waals surface area (Å²) in [5, 5.41) is 2.77. The number of hydrogen-bond acceptors (Lipinski definition) is 3. The molecule has 1 saturated heterocycles. The summed E-state index contributed by atoms with van der Waals surface area (Å²) in [4.78, 5) is 11.3. The van der Waals surface area contributed by atoms with Gasteiger partial charge >= 0.3 is 0 Å². The minimum atomic E-state index is -0.0374. The van der Waals surface area contributed by atoms with Gasteiger partial charge in [0.2, 0.25) is 5.91 Å². The molecule has 0 spiro atoms. The number of anilines is 1. The molecule has 1 aromatic carbocycles. The van der Waals surface area contributed by atoms with E-state index in [9.17, 15) is 4.79 Å². The second-order valence-corrected chi connectivity index (χ2v) is 3.63. The summed E-state index contributed by atoms with van der Waals surface area (Å²) < 4.78 is 5.51. The number of carbonyl (C=O) groups is 1. The second kappa shape index (κ2) is 4.21. The van der Waals surface area contributed by atoms with E-state index in [2.05, 4.69) is 5.32 Å². The highest BCUT2D eigenvalue weighted by Gasteiger charge is 2.24. The maximum Gasteiger partial charge on any atom is 0.226 e. The molecule has 0 bridgehead atoms. The van der Waals surface area contributed by atoms with Gasteiger partial charge in [-0.15, -0.1) is 0 Å². The number of benzene rings is 1. The van der Waals surface area contributed by atoms with Crippen molar-refractivity contribution in [1.82, 2.24) is 5.32 Å². The number of para-hydroxylation sites is 2. The largest absolute Gasteiger partial charge is 0.491 e. The monoisotopic (exact) mass is 206 g/mol. The molecular formula is C11H14N2O2. The van der Waals surface area contributed by atoms with Crippen molar-refractivity contribution in [2.75, 3.05) is 18.9 Å². The summed E-state index contributed by atoms with van der Waals surface area (Å²) in [6.45, 7) is 1.15. The Morgan fingerprint density at radius 3 is 2.93 bits per heavy atom. The number of hydrogen-bond donors (Lipinski definition) is 2. The summed E-state index contributed by atoms with van der Waals surface area (Å²) >= 11 is 0. The lowest BCUT2D eigenvalue weighted by molar-refractivity contribution is -0.123. The van der Waals surface area contributed by atoms with Crippen molar-refractivity contribution in [3.8, 4) is 5.75 Å². The van der Waals surface area contributed by atoms with Crippen LogP contribution in [0.25, 0.3) is 0 Å². The fourth-order valence-corrected chi connectivity index (χ4v) is 1.61. The highest BCUT2D eigenvalue weighted by Crippen LogP contribution is 2.21. The minimum Gasteiger partial charge on any atom is -0.491 e. The van der Waals surface area contributed by atoms with Crippen LogP contribution in [0.2, 0.25) is 0 Å². The van der Waals surface area contributed by atoms with Gasteiger partial charge in [-0.05, 0) is 18.6 Å². The Morgan fingerprint density at radius 1 is 1.47 bits per heavy atom. The summed E-state index contributed by atoms with van der Waals surface area (Å²) in [6, 6.07) is 7.30. The van der Waals surface area contributed by atoms with Crippen LogP contribution in [0, 0.1) is 5.92 Å². The predicted octanol–water partition coefficient (Wildman–Crippen LogP) is 0.784. The lowest BCUT2D eigenvalue weighted by Gasteiger charge is -2.11. The Morgan fingerprint density at radius 2 is 2.27 bits per heavy atom. The van der Waals surface area contributed by atoms with Crippen molar-refractivity contribution < 1.29 is 9.53 Å². The van der Waals surface area contributed by atoms with Crippen molar-refractivity contribution in [1.29, 1.82) is 0 Å². The van der Waals surface area contributed by atoms with Gasteiger partial charge in [0.15, 0.2) is 0 Å². The number of nitrogens with one attached hydrogen (secondary N) is 1. The summed E-state index contributed by atoms with van der Waals surface area (Å²) in [5.41, 5.74) is 6.32. The summed E-state index contributed by atoms with van der Waals surface area (Å²) in [5.74, 6) is 0.686. The molecule has 1 fully saturated rings. The third-order valence-electron chi connectivity index (χ3n) is 2.52. The van der Waals surface area contributed by atoms with E-state index in [1.54, 1.807) is 6.07 Å². The maximum absolute atomic E-state index is 11.3. The molecule has 1 heterocycles. The molecule has 0 saturated carbocycles. The maximum atomic E-state index is 11.3. The minimum absolute atomic E-state index is 0.0374. The smallest absolute Gasteiger partial charge is 0.226 e. The van der Waals surface area contributed by atoms with Crippen LogP contribution in [-0.2, 0) is 4.79 Å². The van der Waals surface area contributed by atoms with E-state index in [1.807, 2.05) is 18.2 Å². The van der Waals surface area contributed by atoms with Gasteiger partial charge in [-0.2, -0.15) is 0 Å². The average molecular weight is 206 g/mol. The third-order valence-corrected chi connectivity index (χ3v) is 2.52. The van der Waals surface area contributed by atoms with Gasteiger partial charge < -0.3 is 15.8 Å². The van der Waals surface area contributed by atoms with Crippen molar-refractivity contribution >= 4 is 11.6 Å². The molecule has 1 unspecified atom stereocenters. The number of carbonyl (C=O) groups excluding carboxylic acids is 1. The zero-order chi connectivity index (χ0) is 10.7. The van der Waals surface area contributed by atoms with Gasteiger partial charge in [-0.3, -0.25) is 4.79 Å². The van der Waals surface area contributed by atoms with Crippen molar-refractivity contribution in [2.24, 2.45) is 5.92 Å². The Kier molecular flexibility index (Phi) is 2.76. The van der Waals surface area contributed by atoms with E-state index in [-0.39, 0.29) is 11.8 Å². The van der Waals surface area contributed by atoms with Crippen LogP contribution in [0.15, 0.2) is 24.3 Å². The highest BCUT2D eigenvalue weighted by atomic mass is 16.5. The first kappa shape index (κ1) is 9.83. The van der Waals surface area contributed by atoms with Gasteiger partial charge in [-0.25, -0.2) is 0 Å². The van der Waals surface area contributed by atoms with E-state index in [0.717, 1.165) is 13.0 Å². The first-order chi connectivity index (χ1) is 7.27. The highest BCUT2D eigenvalue weighted by molar-refractivity contribution is 5.80. The standard InChI is InChI=1S/C11H14N2O2/c12-9-3-1-2-4-10(9)15-7-8-5-6-13-11(8)14/h1-4,8H,5-7,12H2,(H,13,14). The summed E-state index contributed by atoms with van der Waals surface area (Å²) in [6.07, 6.45) is 0.839. The quantitative estimate of drug-likeness (QED) is 0.718.